The van der Waals surface area contributed by atoms with E-state index in [9.17, 15) is 4.79 Å². The zero-order valence-electron chi connectivity index (χ0n) is 19.8. The predicted molar refractivity (Wildman–Crippen MR) is 137 cm³/mol. The number of benzene rings is 2. The minimum absolute atomic E-state index is 0.0407. The molecule has 2 aliphatic rings. The molecule has 2 aromatic rings. The SMILES string of the molecule is CCOc1ccc(COc2cccc(/C=C3/NC(=S)N(C4CCCCC4)C3=O)c2)cc1OCC. The Morgan fingerprint density at radius 2 is 1.76 bits per heavy atom. The molecule has 180 valence electrons. The van der Waals surface area contributed by atoms with Gasteiger partial charge in [-0.25, -0.2) is 0 Å². The normalized spacial score (nSPS) is 17.7. The molecule has 0 radical (unpaired) electrons. The molecule has 1 aliphatic heterocycles. The highest BCUT2D eigenvalue weighted by atomic mass is 32.1. The zero-order valence-corrected chi connectivity index (χ0v) is 20.7. The van der Waals surface area contributed by atoms with E-state index in [1.807, 2.05) is 62.4 Å². The second kappa shape index (κ2) is 11.4. The van der Waals surface area contributed by atoms with Crippen LogP contribution in [-0.2, 0) is 11.4 Å². The van der Waals surface area contributed by atoms with E-state index in [2.05, 4.69) is 5.32 Å². The minimum atomic E-state index is -0.0407. The first kappa shape index (κ1) is 24.1. The average Bonchev–Trinajstić information content (AvgIpc) is 3.12. The number of rotatable bonds is 9. The highest BCUT2D eigenvalue weighted by Crippen LogP contribution is 2.30. The molecule has 0 bridgehead atoms. The van der Waals surface area contributed by atoms with Gasteiger partial charge in [0.05, 0.1) is 13.2 Å². The number of amides is 1. The second-order valence-corrected chi connectivity index (χ2v) is 8.85. The van der Waals surface area contributed by atoms with Gasteiger partial charge in [0.25, 0.3) is 5.91 Å². The topological polar surface area (TPSA) is 60.0 Å². The van der Waals surface area contributed by atoms with E-state index in [-0.39, 0.29) is 11.9 Å². The summed E-state index contributed by atoms with van der Waals surface area (Å²) in [5.74, 6) is 2.13. The van der Waals surface area contributed by atoms with Crippen LogP contribution in [0, 0.1) is 0 Å². The third-order valence-electron chi connectivity index (χ3n) is 6.03. The van der Waals surface area contributed by atoms with Crippen molar-refractivity contribution in [3.63, 3.8) is 0 Å². The molecule has 0 atom stereocenters. The van der Waals surface area contributed by atoms with E-state index in [0.29, 0.717) is 36.4 Å². The minimum Gasteiger partial charge on any atom is -0.490 e. The van der Waals surface area contributed by atoms with Gasteiger partial charge in [-0.15, -0.1) is 0 Å². The van der Waals surface area contributed by atoms with Crippen LogP contribution in [0.2, 0.25) is 0 Å². The molecular formula is C27H32N2O4S. The molecule has 1 heterocycles. The molecule has 2 aromatic carbocycles. The Kier molecular flexibility index (Phi) is 8.06. The fourth-order valence-electron chi connectivity index (χ4n) is 4.43. The van der Waals surface area contributed by atoms with Gasteiger partial charge >= 0.3 is 0 Å². The van der Waals surface area contributed by atoms with Crippen molar-refractivity contribution in [3.8, 4) is 17.2 Å². The number of hydrogen-bond donors (Lipinski definition) is 1. The monoisotopic (exact) mass is 480 g/mol. The van der Waals surface area contributed by atoms with Crippen LogP contribution in [0.15, 0.2) is 48.2 Å². The summed E-state index contributed by atoms with van der Waals surface area (Å²) in [6, 6.07) is 13.7. The van der Waals surface area contributed by atoms with Gasteiger partial charge in [0, 0.05) is 6.04 Å². The lowest BCUT2D eigenvalue weighted by atomic mass is 9.94. The number of carbonyl (C=O) groups excluding carboxylic acids is 1. The average molecular weight is 481 g/mol. The molecule has 1 N–H and O–H groups in total. The molecule has 0 unspecified atom stereocenters. The molecule has 7 heteroatoms. The lowest BCUT2D eigenvalue weighted by Gasteiger charge is -2.29. The molecule has 4 rings (SSSR count). The van der Waals surface area contributed by atoms with Gasteiger partial charge in [-0.2, -0.15) is 0 Å². The van der Waals surface area contributed by atoms with Crippen LogP contribution in [0.3, 0.4) is 0 Å². The van der Waals surface area contributed by atoms with E-state index >= 15 is 0 Å². The summed E-state index contributed by atoms with van der Waals surface area (Å²) in [6.45, 7) is 5.44. The van der Waals surface area contributed by atoms with Crippen molar-refractivity contribution in [1.82, 2.24) is 10.2 Å². The molecule has 2 fully saturated rings. The van der Waals surface area contributed by atoms with Crippen molar-refractivity contribution in [2.75, 3.05) is 13.2 Å². The Bertz CT molecular complexity index is 1060. The van der Waals surface area contributed by atoms with E-state index in [1.54, 1.807) is 4.90 Å². The maximum absolute atomic E-state index is 13.0. The molecule has 1 saturated carbocycles. The maximum Gasteiger partial charge on any atom is 0.276 e. The fraction of sp³-hybridized carbons (Fsp3) is 0.407. The summed E-state index contributed by atoms with van der Waals surface area (Å²) in [7, 11) is 0. The van der Waals surface area contributed by atoms with Crippen molar-refractivity contribution in [2.24, 2.45) is 0 Å². The number of thiocarbonyl (C=S) groups is 1. The quantitative estimate of drug-likeness (QED) is 0.380. The maximum atomic E-state index is 13.0. The molecule has 34 heavy (non-hydrogen) atoms. The molecule has 0 spiro atoms. The van der Waals surface area contributed by atoms with Crippen molar-refractivity contribution in [3.05, 3.63) is 59.3 Å². The molecule has 6 nitrogen and oxygen atoms in total. The Morgan fingerprint density at radius 3 is 2.53 bits per heavy atom. The number of nitrogens with zero attached hydrogens (tertiary/aromatic N) is 1. The Balaban J connectivity index is 1.43. The molecule has 1 aliphatic carbocycles. The number of nitrogens with one attached hydrogen (secondary N) is 1. The van der Waals surface area contributed by atoms with E-state index < -0.39 is 0 Å². The Morgan fingerprint density at radius 1 is 1.00 bits per heavy atom. The van der Waals surface area contributed by atoms with Crippen molar-refractivity contribution in [2.45, 2.75) is 58.6 Å². The summed E-state index contributed by atoms with van der Waals surface area (Å²) < 4.78 is 17.4. The summed E-state index contributed by atoms with van der Waals surface area (Å²) in [5.41, 5.74) is 2.38. The summed E-state index contributed by atoms with van der Waals surface area (Å²) in [6.07, 6.45) is 7.40. The van der Waals surface area contributed by atoms with Crippen LogP contribution < -0.4 is 19.5 Å². The van der Waals surface area contributed by atoms with Crippen molar-refractivity contribution in [1.29, 1.82) is 0 Å². The summed E-state index contributed by atoms with van der Waals surface area (Å²) >= 11 is 5.48. The molecule has 1 amide bonds. The van der Waals surface area contributed by atoms with Crippen LogP contribution in [0.5, 0.6) is 17.2 Å². The van der Waals surface area contributed by atoms with E-state index in [0.717, 1.165) is 48.3 Å². The number of hydrogen-bond acceptors (Lipinski definition) is 5. The predicted octanol–water partition coefficient (Wildman–Crippen LogP) is 5.45. The summed E-state index contributed by atoms with van der Waals surface area (Å²) in [4.78, 5) is 14.8. The highest BCUT2D eigenvalue weighted by Gasteiger charge is 2.36. The van der Waals surface area contributed by atoms with Crippen molar-refractivity contribution >= 4 is 29.3 Å². The first-order chi connectivity index (χ1) is 16.6. The zero-order chi connectivity index (χ0) is 23.9. The van der Waals surface area contributed by atoms with Gasteiger partial charge in [0.1, 0.15) is 18.1 Å². The van der Waals surface area contributed by atoms with Crippen molar-refractivity contribution < 1.29 is 19.0 Å². The molecular weight excluding hydrogens is 448 g/mol. The summed E-state index contributed by atoms with van der Waals surface area (Å²) in [5, 5.41) is 3.62. The number of ether oxygens (including phenoxy) is 3. The lowest BCUT2D eigenvalue weighted by molar-refractivity contribution is -0.124. The number of carbonyl (C=O) groups is 1. The van der Waals surface area contributed by atoms with Crippen LogP contribution in [-0.4, -0.2) is 35.2 Å². The van der Waals surface area contributed by atoms with Crippen LogP contribution in [0.4, 0.5) is 0 Å². The lowest BCUT2D eigenvalue weighted by Crippen LogP contribution is -2.41. The van der Waals surface area contributed by atoms with Gasteiger partial charge in [0.2, 0.25) is 0 Å². The standard InChI is InChI=1S/C27H32N2O4S/c1-3-31-24-14-13-20(17-25(24)32-4-2)18-33-22-12-8-9-19(15-22)16-23-26(30)29(27(34)28-23)21-10-6-5-7-11-21/h8-9,12-17,21H,3-7,10-11,18H2,1-2H3,(H,28,34)/b23-16+. The first-order valence-electron chi connectivity index (χ1n) is 12.1. The third kappa shape index (κ3) is 5.70. The van der Waals surface area contributed by atoms with Gasteiger partial charge in [-0.1, -0.05) is 37.5 Å². The third-order valence-corrected chi connectivity index (χ3v) is 6.33. The molecule has 0 aromatic heterocycles. The Hall–Kier alpha value is -3.06. The first-order valence-corrected chi connectivity index (χ1v) is 12.5. The van der Waals surface area contributed by atoms with Crippen LogP contribution in [0.25, 0.3) is 6.08 Å². The molecule has 1 saturated heterocycles. The fourth-order valence-corrected chi connectivity index (χ4v) is 4.77. The van der Waals surface area contributed by atoms with Gasteiger partial charge < -0.3 is 19.5 Å². The largest absolute Gasteiger partial charge is 0.490 e. The van der Waals surface area contributed by atoms with Gasteiger partial charge in [-0.05, 0) is 80.4 Å². The van der Waals surface area contributed by atoms with Crippen LogP contribution in [0.1, 0.15) is 57.1 Å². The van der Waals surface area contributed by atoms with Gasteiger partial charge in [0.15, 0.2) is 16.6 Å². The van der Waals surface area contributed by atoms with Gasteiger partial charge in [-0.3, -0.25) is 9.69 Å². The smallest absolute Gasteiger partial charge is 0.276 e. The highest BCUT2D eigenvalue weighted by molar-refractivity contribution is 7.80. The van der Waals surface area contributed by atoms with E-state index in [4.69, 9.17) is 26.4 Å². The second-order valence-electron chi connectivity index (χ2n) is 8.46. The van der Waals surface area contributed by atoms with Crippen LogP contribution >= 0.6 is 12.2 Å². The Labute approximate surface area is 206 Å². The van der Waals surface area contributed by atoms with E-state index in [1.165, 1.54) is 6.42 Å².